The Morgan fingerprint density at radius 2 is 1.76 bits per heavy atom. The van der Waals surface area contributed by atoms with Crippen molar-refractivity contribution in [3.05, 3.63) is 101 Å². The molecular formula is C25H25N5O3. The molecule has 1 N–H and O–H groups in total. The molecule has 33 heavy (non-hydrogen) atoms. The smallest absolute Gasteiger partial charge is 0.341 e. The number of carbonyl (C=O) groups excluding carboxylic acids is 2. The summed E-state index contributed by atoms with van der Waals surface area (Å²) in [6.07, 6.45) is 5.15. The molecule has 0 unspecified atom stereocenters. The first-order valence-corrected chi connectivity index (χ1v) is 10.7. The topological polar surface area (TPSA) is 91.0 Å². The van der Waals surface area contributed by atoms with Crippen LogP contribution in [-0.2, 0) is 17.8 Å². The third kappa shape index (κ3) is 5.01. The van der Waals surface area contributed by atoms with E-state index in [2.05, 4.69) is 15.5 Å². The van der Waals surface area contributed by atoms with Crippen LogP contribution in [0.2, 0.25) is 0 Å². The lowest BCUT2D eigenvalue weighted by atomic mass is 10.1. The summed E-state index contributed by atoms with van der Waals surface area (Å²) in [5, 5.41) is 11.5. The quantitative estimate of drug-likeness (QED) is 0.421. The maximum Gasteiger partial charge on any atom is 0.341 e. The monoisotopic (exact) mass is 443 g/mol. The van der Waals surface area contributed by atoms with E-state index in [1.165, 1.54) is 6.20 Å². The zero-order valence-corrected chi connectivity index (χ0v) is 18.6. The van der Waals surface area contributed by atoms with Gasteiger partial charge in [0.1, 0.15) is 5.56 Å². The van der Waals surface area contributed by atoms with Gasteiger partial charge in [0.2, 0.25) is 0 Å². The van der Waals surface area contributed by atoms with Crippen LogP contribution in [0.1, 0.15) is 44.5 Å². The number of aromatic nitrogens is 4. The first-order valence-electron chi connectivity index (χ1n) is 10.7. The molecule has 4 rings (SSSR count). The van der Waals surface area contributed by atoms with Gasteiger partial charge in [-0.3, -0.25) is 9.48 Å². The number of amides is 1. The first-order chi connectivity index (χ1) is 16.1. The van der Waals surface area contributed by atoms with Gasteiger partial charge in [0.15, 0.2) is 0 Å². The van der Waals surface area contributed by atoms with Gasteiger partial charge in [-0.1, -0.05) is 24.3 Å². The van der Waals surface area contributed by atoms with Gasteiger partial charge in [0.25, 0.3) is 5.91 Å². The fraction of sp³-hybridized carbons (Fsp3) is 0.200. The van der Waals surface area contributed by atoms with Crippen LogP contribution in [0.3, 0.4) is 0 Å². The predicted molar refractivity (Wildman–Crippen MR) is 123 cm³/mol. The first kappa shape index (κ1) is 22.0. The minimum absolute atomic E-state index is 0.167. The number of benzene rings is 2. The second-order valence-electron chi connectivity index (χ2n) is 7.48. The van der Waals surface area contributed by atoms with Crippen molar-refractivity contribution in [3.63, 3.8) is 0 Å². The normalized spacial score (nSPS) is 10.7. The molecular weight excluding hydrogens is 418 g/mol. The van der Waals surface area contributed by atoms with Gasteiger partial charge in [-0.2, -0.15) is 10.2 Å². The molecule has 0 aliphatic heterocycles. The summed E-state index contributed by atoms with van der Waals surface area (Å²) in [6.45, 7) is 4.94. The summed E-state index contributed by atoms with van der Waals surface area (Å²) in [6, 6.07) is 16.9. The van der Waals surface area contributed by atoms with Crippen molar-refractivity contribution in [1.29, 1.82) is 0 Å². The Bertz CT molecular complexity index is 1240. The lowest BCUT2D eigenvalue weighted by molar-refractivity contribution is 0.0525. The molecule has 2 aromatic carbocycles. The summed E-state index contributed by atoms with van der Waals surface area (Å²) in [5.74, 6) is -0.565. The molecule has 168 valence electrons. The molecule has 0 aliphatic rings. The number of nitrogens with zero attached hydrogens (tertiary/aromatic N) is 4. The largest absolute Gasteiger partial charge is 0.462 e. The molecule has 8 heteroatoms. The number of hydrogen-bond acceptors (Lipinski definition) is 5. The standard InChI is InChI=1S/C25H25N5O3/c1-3-33-25(32)23-16-28-30(18(23)2)22-11-9-19(10-12-22)24(31)26-15-20-7-4-5-8-21(20)17-29-14-6-13-27-29/h4-14,16H,3,15,17H2,1-2H3,(H,26,31). The number of rotatable bonds is 8. The Hall–Kier alpha value is -4.20. The Kier molecular flexibility index (Phi) is 6.64. The minimum Gasteiger partial charge on any atom is -0.462 e. The van der Waals surface area contributed by atoms with Crippen LogP contribution in [0.25, 0.3) is 5.69 Å². The van der Waals surface area contributed by atoms with Crippen LogP contribution < -0.4 is 5.32 Å². The van der Waals surface area contributed by atoms with Gasteiger partial charge < -0.3 is 10.1 Å². The molecule has 0 radical (unpaired) electrons. The summed E-state index contributed by atoms with van der Waals surface area (Å²) in [5.41, 5.74) is 4.54. The van der Waals surface area contributed by atoms with Crippen molar-refractivity contribution in [2.45, 2.75) is 26.9 Å². The average molecular weight is 444 g/mol. The Morgan fingerprint density at radius 3 is 2.45 bits per heavy atom. The third-order valence-electron chi connectivity index (χ3n) is 5.33. The zero-order chi connectivity index (χ0) is 23.2. The SMILES string of the molecule is CCOC(=O)c1cnn(-c2ccc(C(=O)NCc3ccccc3Cn3cccn3)cc2)c1C. The molecule has 8 nitrogen and oxygen atoms in total. The molecule has 2 aromatic heterocycles. The third-order valence-corrected chi connectivity index (χ3v) is 5.33. The van der Waals surface area contributed by atoms with Crippen LogP contribution in [0.15, 0.2) is 73.2 Å². The van der Waals surface area contributed by atoms with Crippen LogP contribution in [0.5, 0.6) is 0 Å². The van der Waals surface area contributed by atoms with Crippen molar-refractivity contribution < 1.29 is 14.3 Å². The zero-order valence-electron chi connectivity index (χ0n) is 18.6. The predicted octanol–water partition coefficient (Wildman–Crippen LogP) is 3.53. The summed E-state index contributed by atoms with van der Waals surface area (Å²) < 4.78 is 8.56. The molecule has 0 saturated heterocycles. The average Bonchev–Trinajstić information content (AvgIpc) is 3.48. The number of esters is 1. The highest BCUT2D eigenvalue weighted by atomic mass is 16.5. The van der Waals surface area contributed by atoms with E-state index < -0.39 is 5.97 Å². The second kappa shape index (κ2) is 9.95. The molecule has 0 atom stereocenters. The van der Waals surface area contributed by atoms with Crippen LogP contribution in [-0.4, -0.2) is 38.0 Å². The molecule has 2 heterocycles. The van der Waals surface area contributed by atoms with E-state index in [0.717, 1.165) is 16.8 Å². The Balaban J connectivity index is 1.42. The highest BCUT2D eigenvalue weighted by molar-refractivity contribution is 5.94. The van der Waals surface area contributed by atoms with Gasteiger partial charge >= 0.3 is 5.97 Å². The van der Waals surface area contributed by atoms with Gasteiger partial charge in [-0.15, -0.1) is 0 Å². The molecule has 0 spiro atoms. The maximum atomic E-state index is 12.7. The van der Waals surface area contributed by atoms with E-state index in [1.807, 2.05) is 41.2 Å². The molecule has 1 amide bonds. The van der Waals surface area contributed by atoms with E-state index >= 15 is 0 Å². The lowest BCUT2D eigenvalue weighted by Crippen LogP contribution is -2.23. The Labute approximate surface area is 191 Å². The second-order valence-corrected chi connectivity index (χ2v) is 7.48. The van der Waals surface area contributed by atoms with Crippen molar-refractivity contribution >= 4 is 11.9 Å². The number of ether oxygens (including phenoxy) is 1. The summed E-state index contributed by atoms with van der Waals surface area (Å²) in [7, 11) is 0. The summed E-state index contributed by atoms with van der Waals surface area (Å²) >= 11 is 0. The van der Waals surface area contributed by atoms with E-state index in [9.17, 15) is 9.59 Å². The van der Waals surface area contributed by atoms with Crippen molar-refractivity contribution in [2.24, 2.45) is 0 Å². The van der Waals surface area contributed by atoms with Crippen molar-refractivity contribution in [2.75, 3.05) is 6.61 Å². The molecule has 0 aliphatic carbocycles. The fourth-order valence-electron chi connectivity index (χ4n) is 3.56. The molecule has 0 fully saturated rings. The van der Waals surface area contributed by atoms with Gasteiger partial charge in [-0.25, -0.2) is 9.48 Å². The Morgan fingerprint density at radius 1 is 1.00 bits per heavy atom. The van der Waals surface area contributed by atoms with Gasteiger partial charge in [-0.05, 0) is 55.3 Å². The maximum absolute atomic E-state index is 12.7. The highest BCUT2D eigenvalue weighted by Crippen LogP contribution is 2.16. The number of hydrogen-bond donors (Lipinski definition) is 1. The lowest BCUT2D eigenvalue weighted by Gasteiger charge is -2.11. The van der Waals surface area contributed by atoms with Crippen LogP contribution in [0.4, 0.5) is 0 Å². The minimum atomic E-state index is -0.398. The van der Waals surface area contributed by atoms with E-state index in [-0.39, 0.29) is 5.91 Å². The fourth-order valence-corrected chi connectivity index (χ4v) is 3.56. The molecule has 4 aromatic rings. The van der Waals surface area contributed by atoms with Crippen LogP contribution >= 0.6 is 0 Å². The number of carbonyl (C=O) groups is 2. The number of nitrogens with one attached hydrogen (secondary N) is 1. The van der Waals surface area contributed by atoms with Crippen LogP contribution in [0, 0.1) is 6.92 Å². The van der Waals surface area contributed by atoms with Gasteiger partial charge in [0, 0.05) is 24.5 Å². The molecule has 0 bridgehead atoms. The van der Waals surface area contributed by atoms with E-state index in [0.29, 0.717) is 36.5 Å². The summed E-state index contributed by atoms with van der Waals surface area (Å²) in [4.78, 5) is 24.7. The van der Waals surface area contributed by atoms with E-state index in [1.54, 1.807) is 49.0 Å². The molecule has 0 saturated carbocycles. The van der Waals surface area contributed by atoms with Crippen molar-refractivity contribution in [1.82, 2.24) is 24.9 Å². The van der Waals surface area contributed by atoms with Crippen molar-refractivity contribution in [3.8, 4) is 5.69 Å². The van der Waals surface area contributed by atoms with E-state index in [4.69, 9.17) is 4.74 Å². The highest BCUT2D eigenvalue weighted by Gasteiger charge is 2.16. The van der Waals surface area contributed by atoms with Gasteiger partial charge in [0.05, 0.1) is 30.7 Å².